The first kappa shape index (κ1) is 15.7. The molecule has 1 unspecified atom stereocenters. The molecule has 0 nitrogen and oxygen atoms in total. The maximum absolute atomic E-state index is 12.4. The summed E-state index contributed by atoms with van der Waals surface area (Å²) in [5, 5.41) is 0.0207. The van der Waals surface area contributed by atoms with Crippen LogP contribution in [0.15, 0.2) is 24.3 Å². The van der Waals surface area contributed by atoms with Crippen molar-refractivity contribution >= 4 is 11.6 Å². The lowest BCUT2D eigenvalue weighted by Crippen LogP contribution is -2.08. The molecule has 1 aromatic carbocycles. The van der Waals surface area contributed by atoms with Gasteiger partial charge in [-0.1, -0.05) is 37.8 Å². The number of rotatable bonds is 5. The highest BCUT2D eigenvalue weighted by Gasteiger charge is 2.30. The quantitative estimate of drug-likeness (QED) is 0.601. The molecule has 2 rings (SSSR count). The summed E-state index contributed by atoms with van der Waals surface area (Å²) >= 11 is 6.30. The lowest BCUT2D eigenvalue weighted by atomic mass is 9.98. The van der Waals surface area contributed by atoms with Crippen LogP contribution in [0.2, 0.25) is 0 Å². The van der Waals surface area contributed by atoms with Crippen molar-refractivity contribution in [3.05, 3.63) is 35.4 Å². The molecule has 0 heterocycles. The van der Waals surface area contributed by atoms with Gasteiger partial charge in [-0.3, -0.25) is 0 Å². The lowest BCUT2D eigenvalue weighted by Gasteiger charge is -2.13. The normalized spacial score (nSPS) is 18.4. The minimum absolute atomic E-state index is 0.0207. The Balaban J connectivity index is 1.80. The lowest BCUT2D eigenvalue weighted by molar-refractivity contribution is -0.137. The average molecular weight is 305 g/mol. The molecule has 4 heteroatoms. The number of benzene rings is 1. The fourth-order valence-corrected chi connectivity index (χ4v) is 3.21. The Kier molecular flexibility index (Phi) is 5.36. The van der Waals surface area contributed by atoms with Crippen molar-refractivity contribution in [1.29, 1.82) is 0 Å². The zero-order valence-corrected chi connectivity index (χ0v) is 12.2. The van der Waals surface area contributed by atoms with E-state index < -0.39 is 11.7 Å². The largest absolute Gasteiger partial charge is 0.416 e. The van der Waals surface area contributed by atoms with Crippen LogP contribution in [-0.2, 0) is 12.6 Å². The maximum Gasteiger partial charge on any atom is 0.416 e. The average Bonchev–Trinajstić information content (AvgIpc) is 2.89. The van der Waals surface area contributed by atoms with E-state index in [2.05, 4.69) is 0 Å². The van der Waals surface area contributed by atoms with Gasteiger partial charge >= 0.3 is 6.18 Å². The van der Waals surface area contributed by atoms with Gasteiger partial charge in [-0.2, -0.15) is 13.2 Å². The minimum Gasteiger partial charge on any atom is -0.166 e. The first-order valence-corrected chi connectivity index (χ1v) is 7.69. The Morgan fingerprint density at radius 2 is 1.70 bits per heavy atom. The molecule has 20 heavy (non-hydrogen) atoms. The predicted octanol–water partition coefficient (Wildman–Crippen LogP) is 5.83. The van der Waals surface area contributed by atoms with E-state index in [1.165, 1.54) is 37.8 Å². The fourth-order valence-electron chi connectivity index (χ4n) is 2.90. The Labute approximate surface area is 123 Å². The fraction of sp³-hybridized carbons (Fsp3) is 0.625. The van der Waals surface area contributed by atoms with E-state index in [0.717, 1.165) is 36.5 Å². The van der Waals surface area contributed by atoms with Crippen molar-refractivity contribution in [2.24, 2.45) is 5.92 Å². The zero-order valence-electron chi connectivity index (χ0n) is 11.4. The van der Waals surface area contributed by atoms with Crippen molar-refractivity contribution in [1.82, 2.24) is 0 Å². The first-order valence-electron chi connectivity index (χ1n) is 7.25. The topological polar surface area (TPSA) is 0 Å². The van der Waals surface area contributed by atoms with Crippen molar-refractivity contribution in [3.8, 4) is 0 Å². The molecule has 0 aromatic heterocycles. The van der Waals surface area contributed by atoms with Crippen LogP contribution in [0.5, 0.6) is 0 Å². The van der Waals surface area contributed by atoms with Crippen LogP contribution >= 0.6 is 11.6 Å². The Bertz CT molecular complexity index is 405. The third-order valence-corrected chi connectivity index (χ3v) is 4.47. The van der Waals surface area contributed by atoms with Crippen LogP contribution in [0.4, 0.5) is 13.2 Å². The summed E-state index contributed by atoms with van der Waals surface area (Å²) < 4.78 is 37.3. The molecule has 0 N–H and O–H groups in total. The minimum atomic E-state index is -4.26. The third-order valence-electron chi connectivity index (χ3n) is 4.10. The molecule has 112 valence electrons. The van der Waals surface area contributed by atoms with Gasteiger partial charge in [0.25, 0.3) is 0 Å². The second-order valence-electron chi connectivity index (χ2n) is 5.72. The van der Waals surface area contributed by atoms with Gasteiger partial charge in [0.1, 0.15) is 0 Å². The number of hydrogen-bond donors (Lipinski definition) is 0. The van der Waals surface area contributed by atoms with Gasteiger partial charge in [0, 0.05) is 5.38 Å². The summed E-state index contributed by atoms with van der Waals surface area (Å²) in [6, 6.07) is 5.34. The van der Waals surface area contributed by atoms with E-state index in [4.69, 9.17) is 11.6 Å². The van der Waals surface area contributed by atoms with Gasteiger partial charge in [0.15, 0.2) is 0 Å². The van der Waals surface area contributed by atoms with Crippen LogP contribution in [-0.4, -0.2) is 5.38 Å². The van der Waals surface area contributed by atoms with E-state index in [9.17, 15) is 13.2 Å². The molecule has 1 aromatic rings. The van der Waals surface area contributed by atoms with E-state index in [-0.39, 0.29) is 5.38 Å². The summed E-state index contributed by atoms with van der Waals surface area (Å²) in [5.74, 6) is 0.809. The number of alkyl halides is 4. The molecular weight excluding hydrogens is 285 g/mol. The van der Waals surface area contributed by atoms with Crippen molar-refractivity contribution in [2.45, 2.75) is 56.5 Å². The van der Waals surface area contributed by atoms with E-state index in [1.54, 1.807) is 0 Å². The first-order chi connectivity index (χ1) is 9.45. The molecule has 0 bridgehead atoms. The standard InChI is InChI=1S/C16H20ClF3/c17-15(10-7-12-3-1-2-4-12)11-13-5-8-14(9-6-13)16(18,19)20/h5-6,8-9,12,15H,1-4,7,10-11H2. The summed E-state index contributed by atoms with van der Waals surface area (Å²) in [7, 11) is 0. The van der Waals surface area contributed by atoms with Gasteiger partial charge in [-0.25, -0.2) is 0 Å². The highest BCUT2D eigenvalue weighted by atomic mass is 35.5. The smallest absolute Gasteiger partial charge is 0.166 e. The van der Waals surface area contributed by atoms with E-state index in [0.29, 0.717) is 6.42 Å². The highest BCUT2D eigenvalue weighted by Crippen LogP contribution is 2.31. The predicted molar refractivity (Wildman–Crippen MR) is 76.0 cm³/mol. The van der Waals surface area contributed by atoms with Crippen LogP contribution in [0.1, 0.15) is 49.7 Å². The molecule has 0 radical (unpaired) electrons. The Morgan fingerprint density at radius 1 is 1.10 bits per heavy atom. The van der Waals surface area contributed by atoms with Gasteiger partial charge in [-0.05, 0) is 42.9 Å². The Morgan fingerprint density at radius 3 is 2.25 bits per heavy atom. The van der Waals surface area contributed by atoms with Crippen molar-refractivity contribution in [2.75, 3.05) is 0 Å². The summed E-state index contributed by atoms with van der Waals surface area (Å²) in [6.07, 6.45) is 3.76. The second kappa shape index (κ2) is 6.84. The van der Waals surface area contributed by atoms with E-state index >= 15 is 0 Å². The van der Waals surface area contributed by atoms with Gasteiger partial charge in [0.05, 0.1) is 5.56 Å². The SMILES string of the molecule is FC(F)(F)c1ccc(CC(Cl)CCC2CCCC2)cc1. The van der Waals surface area contributed by atoms with Gasteiger partial charge in [0.2, 0.25) is 0 Å². The third kappa shape index (κ3) is 4.69. The molecule has 0 saturated heterocycles. The second-order valence-corrected chi connectivity index (χ2v) is 6.34. The van der Waals surface area contributed by atoms with Gasteiger partial charge in [-0.15, -0.1) is 11.6 Å². The molecule has 0 aliphatic heterocycles. The molecule has 1 aliphatic rings. The molecule has 1 fully saturated rings. The monoisotopic (exact) mass is 304 g/mol. The Hall–Kier alpha value is -0.700. The zero-order chi connectivity index (χ0) is 14.6. The maximum atomic E-state index is 12.4. The van der Waals surface area contributed by atoms with Crippen LogP contribution < -0.4 is 0 Å². The highest BCUT2D eigenvalue weighted by molar-refractivity contribution is 6.20. The molecule has 1 saturated carbocycles. The molecule has 1 aliphatic carbocycles. The molecule has 1 atom stereocenters. The van der Waals surface area contributed by atoms with Crippen LogP contribution in [0.3, 0.4) is 0 Å². The molecule has 0 amide bonds. The summed E-state index contributed by atoms with van der Waals surface area (Å²) in [5.41, 5.74) is 0.280. The van der Waals surface area contributed by atoms with Gasteiger partial charge < -0.3 is 0 Å². The van der Waals surface area contributed by atoms with Crippen molar-refractivity contribution < 1.29 is 13.2 Å². The van der Waals surface area contributed by atoms with Crippen LogP contribution in [0.25, 0.3) is 0 Å². The molecule has 0 spiro atoms. The van der Waals surface area contributed by atoms with Crippen LogP contribution in [0, 0.1) is 5.92 Å². The summed E-state index contributed by atoms with van der Waals surface area (Å²) in [6.45, 7) is 0. The number of halogens is 4. The molecular formula is C16H20ClF3. The summed E-state index contributed by atoms with van der Waals surface area (Å²) in [4.78, 5) is 0. The number of hydrogen-bond acceptors (Lipinski definition) is 0. The van der Waals surface area contributed by atoms with Crippen molar-refractivity contribution in [3.63, 3.8) is 0 Å². The van der Waals surface area contributed by atoms with E-state index in [1.807, 2.05) is 0 Å².